The first-order chi connectivity index (χ1) is 12.0. The van der Waals surface area contributed by atoms with Crippen LogP contribution in [0, 0.1) is 5.92 Å². The molecule has 136 valence electrons. The molecule has 1 fully saturated rings. The first-order valence-corrected chi connectivity index (χ1v) is 8.90. The predicted octanol–water partition coefficient (Wildman–Crippen LogP) is 2.43. The minimum absolute atomic E-state index is 0.0889. The van der Waals surface area contributed by atoms with Crippen molar-refractivity contribution in [3.63, 3.8) is 0 Å². The number of anilines is 1. The van der Waals surface area contributed by atoms with Crippen LogP contribution in [0.3, 0.4) is 0 Å². The van der Waals surface area contributed by atoms with Gasteiger partial charge in [-0.25, -0.2) is 15.0 Å². The van der Waals surface area contributed by atoms with Crippen molar-refractivity contribution in [3.05, 3.63) is 30.2 Å². The van der Waals surface area contributed by atoms with Crippen LogP contribution < -0.4 is 4.90 Å². The molecule has 2 aromatic rings. The van der Waals surface area contributed by atoms with Crippen molar-refractivity contribution in [3.8, 4) is 0 Å². The maximum atomic E-state index is 5.30. The molecule has 1 aliphatic heterocycles. The molecular weight excluding hydrogens is 316 g/mol. The number of hydrogen-bond acceptors (Lipinski definition) is 6. The molecule has 2 aromatic heterocycles. The monoisotopic (exact) mass is 344 g/mol. The van der Waals surface area contributed by atoms with Crippen LogP contribution >= 0.6 is 0 Å². The first kappa shape index (κ1) is 17.8. The standard InChI is InChI=1S/C18H28N6O/c1-18(2,3)17-21-15(11-25-4)8-16(22-17)23-7-5-6-14(9-23)10-24-13-19-12-20-24/h8,12-14H,5-7,9-11H2,1-4H3. The van der Waals surface area contributed by atoms with E-state index in [9.17, 15) is 0 Å². The zero-order chi connectivity index (χ0) is 17.9. The lowest BCUT2D eigenvalue weighted by molar-refractivity contribution is 0.181. The molecule has 0 radical (unpaired) electrons. The van der Waals surface area contributed by atoms with Crippen molar-refractivity contribution in [2.75, 3.05) is 25.1 Å². The van der Waals surface area contributed by atoms with Gasteiger partial charge in [0.1, 0.15) is 24.3 Å². The van der Waals surface area contributed by atoms with E-state index in [1.807, 2.05) is 4.68 Å². The lowest BCUT2D eigenvalue weighted by Gasteiger charge is -2.34. The van der Waals surface area contributed by atoms with E-state index < -0.39 is 0 Å². The summed E-state index contributed by atoms with van der Waals surface area (Å²) in [5.41, 5.74) is 0.852. The maximum Gasteiger partial charge on any atom is 0.137 e. The van der Waals surface area contributed by atoms with Crippen molar-refractivity contribution >= 4 is 5.82 Å². The molecule has 1 unspecified atom stereocenters. The summed E-state index contributed by atoms with van der Waals surface area (Å²) >= 11 is 0. The fourth-order valence-electron chi connectivity index (χ4n) is 3.22. The van der Waals surface area contributed by atoms with Crippen LogP contribution in [0.2, 0.25) is 0 Å². The SMILES string of the molecule is COCc1cc(N2CCCC(Cn3cncn3)C2)nc(C(C)(C)C)n1. The van der Waals surface area contributed by atoms with Crippen LogP contribution in [0.4, 0.5) is 5.82 Å². The molecule has 1 aliphatic rings. The Balaban J connectivity index is 1.80. The molecular formula is C18H28N6O. The minimum Gasteiger partial charge on any atom is -0.378 e. The average molecular weight is 344 g/mol. The van der Waals surface area contributed by atoms with Gasteiger partial charge in [0.05, 0.1) is 12.3 Å². The second-order valence-corrected chi connectivity index (χ2v) is 7.80. The fraction of sp³-hybridized carbons (Fsp3) is 0.667. The van der Waals surface area contributed by atoms with Gasteiger partial charge < -0.3 is 9.64 Å². The molecule has 7 heteroatoms. The van der Waals surface area contributed by atoms with Gasteiger partial charge in [-0.05, 0) is 18.8 Å². The highest BCUT2D eigenvalue weighted by atomic mass is 16.5. The third-order valence-corrected chi connectivity index (χ3v) is 4.48. The summed E-state index contributed by atoms with van der Waals surface area (Å²) in [5.74, 6) is 2.43. The Morgan fingerprint density at radius 1 is 1.28 bits per heavy atom. The molecule has 0 saturated carbocycles. The molecule has 3 heterocycles. The summed E-state index contributed by atoms with van der Waals surface area (Å²) in [7, 11) is 1.70. The molecule has 1 atom stereocenters. The summed E-state index contributed by atoms with van der Waals surface area (Å²) in [6.07, 6.45) is 5.75. The number of aromatic nitrogens is 5. The molecule has 1 saturated heterocycles. The zero-order valence-corrected chi connectivity index (χ0v) is 15.6. The highest BCUT2D eigenvalue weighted by Gasteiger charge is 2.25. The normalized spacial score (nSPS) is 18.6. The zero-order valence-electron chi connectivity index (χ0n) is 15.6. The van der Waals surface area contributed by atoms with E-state index in [4.69, 9.17) is 9.72 Å². The molecule has 0 bridgehead atoms. The Labute approximate surface area is 149 Å². The molecule has 0 spiro atoms. The van der Waals surface area contributed by atoms with Crippen LogP contribution in [0.25, 0.3) is 0 Å². The molecule has 0 amide bonds. The van der Waals surface area contributed by atoms with E-state index in [1.54, 1.807) is 19.8 Å². The van der Waals surface area contributed by atoms with Gasteiger partial charge in [-0.15, -0.1) is 0 Å². The number of hydrogen-bond donors (Lipinski definition) is 0. The average Bonchev–Trinajstić information content (AvgIpc) is 3.07. The van der Waals surface area contributed by atoms with Crippen LogP contribution in [0.5, 0.6) is 0 Å². The van der Waals surface area contributed by atoms with Crippen molar-refractivity contribution in [1.82, 2.24) is 24.7 Å². The highest BCUT2D eigenvalue weighted by molar-refractivity contribution is 5.41. The van der Waals surface area contributed by atoms with Gasteiger partial charge in [-0.3, -0.25) is 4.68 Å². The molecule has 0 aliphatic carbocycles. The largest absolute Gasteiger partial charge is 0.378 e. The highest BCUT2D eigenvalue weighted by Crippen LogP contribution is 2.26. The van der Waals surface area contributed by atoms with Gasteiger partial charge in [0.25, 0.3) is 0 Å². The lowest BCUT2D eigenvalue weighted by Crippen LogP contribution is -2.38. The van der Waals surface area contributed by atoms with Gasteiger partial charge in [0.2, 0.25) is 0 Å². The number of rotatable bonds is 5. The predicted molar refractivity (Wildman–Crippen MR) is 96.4 cm³/mol. The summed E-state index contributed by atoms with van der Waals surface area (Å²) in [6.45, 7) is 9.85. The van der Waals surface area contributed by atoms with E-state index in [2.05, 4.69) is 46.8 Å². The summed E-state index contributed by atoms with van der Waals surface area (Å²) in [5, 5.41) is 4.24. The number of nitrogens with zero attached hydrogens (tertiary/aromatic N) is 6. The molecule has 0 N–H and O–H groups in total. The second-order valence-electron chi connectivity index (χ2n) is 7.80. The Morgan fingerprint density at radius 3 is 2.80 bits per heavy atom. The Bertz CT molecular complexity index is 679. The fourth-order valence-corrected chi connectivity index (χ4v) is 3.22. The van der Waals surface area contributed by atoms with Crippen LogP contribution in [0.15, 0.2) is 18.7 Å². The van der Waals surface area contributed by atoms with E-state index in [-0.39, 0.29) is 5.41 Å². The number of methoxy groups -OCH3 is 1. The molecule has 0 aromatic carbocycles. The quantitative estimate of drug-likeness (QED) is 0.830. The Kier molecular flexibility index (Phi) is 5.32. The third kappa shape index (κ3) is 4.54. The van der Waals surface area contributed by atoms with Gasteiger partial charge in [0.15, 0.2) is 0 Å². The smallest absolute Gasteiger partial charge is 0.137 e. The topological polar surface area (TPSA) is 69.0 Å². The van der Waals surface area contributed by atoms with Gasteiger partial charge in [-0.2, -0.15) is 5.10 Å². The van der Waals surface area contributed by atoms with E-state index in [1.165, 1.54) is 6.42 Å². The van der Waals surface area contributed by atoms with E-state index >= 15 is 0 Å². The lowest BCUT2D eigenvalue weighted by atomic mass is 9.95. The van der Waals surface area contributed by atoms with Crippen molar-refractivity contribution in [2.45, 2.75) is 52.2 Å². The summed E-state index contributed by atoms with van der Waals surface area (Å²) in [6, 6.07) is 2.07. The van der Waals surface area contributed by atoms with E-state index in [0.717, 1.165) is 43.4 Å². The Morgan fingerprint density at radius 2 is 2.12 bits per heavy atom. The van der Waals surface area contributed by atoms with Gasteiger partial charge in [-0.1, -0.05) is 20.8 Å². The molecule has 7 nitrogen and oxygen atoms in total. The van der Waals surface area contributed by atoms with Crippen molar-refractivity contribution < 1.29 is 4.74 Å². The van der Waals surface area contributed by atoms with Crippen molar-refractivity contribution in [2.24, 2.45) is 5.92 Å². The van der Waals surface area contributed by atoms with Gasteiger partial charge >= 0.3 is 0 Å². The molecule has 25 heavy (non-hydrogen) atoms. The Hall–Kier alpha value is -2.02. The number of piperidine rings is 1. The second kappa shape index (κ2) is 7.47. The minimum atomic E-state index is -0.0889. The number of ether oxygens (including phenoxy) is 1. The first-order valence-electron chi connectivity index (χ1n) is 8.90. The van der Waals surface area contributed by atoms with Gasteiger partial charge in [0, 0.05) is 38.2 Å². The maximum absolute atomic E-state index is 5.30. The third-order valence-electron chi connectivity index (χ3n) is 4.48. The van der Waals surface area contributed by atoms with Crippen molar-refractivity contribution in [1.29, 1.82) is 0 Å². The summed E-state index contributed by atoms with van der Waals surface area (Å²) < 4.78 is 7.22. The molecule has 3 rings (SSSR count). The van der Waals surface area contributed by atoms with Crippen LogP contribution in [-0.4, -0.2) is 44.9 Å². The van der Waals surface area contributed by atoms with E-state index in [0.29, 0.717) is 12.5 Å². The summed E-state index contributed by atoms with van der Waals surface area (Å²) in [4.78, 5) is 16.0. The van der Waals surface area contributed by atoms with Crippen LogP contribution in [0.1, 0.15) is 45.1 Å². The van der Waals surface area contributed by atoms with Crippen LogP contribution in [-0.2, 0) is 23.3 Å².